The number of carbonyl (C=O) groups is 2. The molecule has 34 heavy (non-hydrogen) atoms. The van der Waals surface area contributed by atoms with Crippen LogP contribution in [0.1, 0.15) is 73.9 Å². The predicted molar refractivity (Wildman–Crippen MR) is 127 cm³/mol. The lowest BCUT2D eigenvalue weighted by Gasteiger charge is -2.23. The molecule has 1 saturated carbocycles. The molecule has 8 nitrogen and oxygen atoms in total. The third-order valence-electron chi connectivity index (χ3n) is 6.20. The molecule has 1 fully saturated rings. The molecule has 0 radical (unpaired) electrons. The predicted octanol–water partition coefficient (Wildman–Crippen LogP) is 4.20. The Balaban J connectivity index is 1.89. The van der Waals surface area contributed by atoms with Crippen molar-refractivity contribution < 1.29 is 18.7 Å². The number of carbonyl (C=O) groups excluding carboxylic acids is 2. The highest BCUT2D eigenvalue weighted by atomic mass is 35.5. The molecule has 1 amide bonds. The molecule has 2 heterocycles. The fourth-order valence-electron chi connectivity index (χ4n) is 4.20. The van der Waals surface area contributed by atoms with E-state index in [1.54, 1.807) is 26.2 Å². The maximum absolute atomic E-state index is 15.3. The first-order valence-corrected chi connectivity index (χ1v) is 11.5. The summed E-state index contributed by atoms with van der Waals surface area (Å²) in [5, 5.41) is 2.47. The van der Waals surface area contributed by atoms with E-state index in [1.807, 2.05) is 18.2 Å². The number of halogens is 2. The van der Waals surface area contributed by atoms with Gasteiger partial charge >= 0.3 is 0 Å². The average Bonchev–Trinajstić information content (AvgIpc) is 3.46. The van der Waals surface area contributed by atoms with Gasteiger partial charge in [-0.1, -0.05) is 18.5 Å². The summed E-state index contributed by atoms with van der Waals surface area (Å²) in [5.41, 5.74) is 6.60. The van der Waals surface area contributed by atoms with Crippen LogP contribution in [0.25, 0.3) is 5.52 Å². The molecule has 3 N–H and O–H groups in total. The molecule has 180 valence electrons. The minimum absolute atomic E-state index is 0.0673. The van der Waals surface area contributed by atoms with Crippen molar-refractivity contribution in [3.63, 3.8) is 0 Å². The topological polar surface area (TPSA) is 112 Å². The lowest BCUT2D eigenvalue weighted by Crippen LogP contribution is -2.42. The molecular weight excluding hydrogens is 461 g/mol. The van der Waals surface area contributed by atoms with Gasteiger partial charge < -0.3 is 15.8 Å². The highest BCUT2D eigenvalue weighted by Gasteiger charge is 2.49. The summed E-state index contributed by atoms with van der Waals surface area (Å²) < 4.78 is 23.1. The number of nitrogens with two attached hydrogens (primary N) is 1. The van der Waals surface area contributed by atoms with Gasteiger partial charge in [-0.3, -0.25) is 14.0 Å². The van der Waals surface area contributed by atoms with Gasteiger partial charge in [0, 0.05) is 23.9 Å². The van der Waals surface area contributed by atoms with Gasteiger partial charge in [0.1, 0.15) is 28.5 Å². The molecule has 1 unspecified atom stereocenters. The van der Waals surface area contributed by atoms with Crippen molar-refractivity contribution >= 4 is 34.6 Å². The number of nitrogens with one attached hydrogen (secondary N) is 1. The molecule has 0 saturated heterocycles. The number of imidazole rings is 1. The van der Waals surface area contributed by atoms with Crippen LogP contribution in [-0.4, -0.2) is 37.7 Å². The Morgan fingerprint density at radius 2 is 2.00 bits per heavy atom. The highest BCUT2D eigenvalue weighted by molar-refractivity contribution is 6.31. The van der Waals surface area contributed by atoms with E-state index in [2.05, 4.69) is 15.3 Å². The average molecular weight is 488 g/mol. The van der Waals surface area contributed by atoms with Crippen molar-refractivity contribution in [2.75, 3.05) is 5.73 Å². The first-order valence-electron chi connectivity index (χ1n) is 11.1. The number of hydrogen-bond donors (Lipinski definition) is 2. The molecule has 0 spiro atoms. The van der Waals surface area contributed by atoms with Crippen molar-refractivity contribution in [2.45, 2.75) is 65.0 Å². The number of aryl methyl sites for hydroxylation is 1. The molecule has 3 aromatic rings. The Kier molecular flexibility index (Phi) is 6.01. The molecular formula is C24H27ClFN5O3. The summed E-state index contributed by atoms with van der Waals surface area (Å²) in [4.78, 5) is 34.1. The molecule has 0 aliphatic heterocycles. The summed E-state index contributed by atoms with van der Waals surface area (Å²) >= 11 is 6.27. The molecule has 0 bridgehead atoms. The van der Waals surface area contributed by atoms with Gasteiger partial charge in [0.2, 0.25) is 0 Å². The third-order valence-corrected chi connectivity index (χ3v) is 6.47. The van der Waals surface area contributed by atoms with Crippen molar-refractivity contribution in [1.82, 2.24) is 19.7 Å². The van der Waals surface area contributed by atoms with Crippen molar-refractivity contribution in [3.8, 4) is 5.75 Å². The van der Waals surface area contributed by atoms with Gasteiger partial charge in [-0.05, 0) is 46.6 Å². The zero-order chi connectivity index (χ0) is 24.9. The van der Waals surface area contributed by atoms with Crippen LogP contribution in [0.15, 0.2) is 18.5 Å². The molecule has 10 heteroatoms. The first-order chi connectivity index (χ1) is 16.0. The van der Waals surface area contributed by atoms with Gasteiger partial charge in [-0.15, -0.1) is 0 Å². The van der Waals surface area contributed by atoms with Crippen LogP contribution in [0.2, 0.25) is 5.02 Å². The number of aromatic nitrogens is 3. The Morgan fingerprint density at radius 1 is 1.32 bits per heavy atom. The van der Waals surface area contributed by atoms with E-state index in [1.165, 1.54) is 13.0 Å². The fourth-order valence-corrected chi connectivity index (χ4v) is 4.41. The van der Waals surface area contributed by atoms with Crippen LogP contribution in [0, 0.1) is 12.7 Å². The lowest BCUT2D eigenvalue weighted by atomic mass is 9.95. The second kappa shape index (κ2) is 8.54. The van der Waals surface area contributed by atoms with E-state index in [4.69, 9.17) is 22.1 Å². The van der Waals surface area contributed by atoms with E-state index in [9.17, 15) is 9.59 Å². The minimum atomic E-state index is -0.965. The molecule has 4 rings (SSSR count). The number of nitrogens with zero attached hydrogens (tertiary/aromatic N) is 3. The second-order valence-corrected chi connectivity index (χ2v) is 9.44. The molecule has 1 aliphatic carbocycles. The molecule has 1 atom stereocenters. The summed E-state index contributed by atoms with van der Waals surface area (Å²) in [6.45, 7) is 8.65. The van der Waals surface area contributed by atoms with Crippen molar-refractivity contribution in [2.24, 2.45) is 0 Å². The summed E-state index contributed by atoms with van der Waals surface area (Å²) in [5.74, 6) is -1.26. The zero-order valence-corrected chi connectivity index (χ0v) is 20.5. The molecule has 2 aromatic heterocycles. The standard InChI is InChI=1S/C24H27ClFN5O3/c1-11(2)34-20-15(12(3)22-29-13(4)19-21(27)28-8-9-31(19)22)10-16(25)18(26)17(20)23(33)30-24(6-7-24)14(5)32/h8-12H,6-7H2,1-5H3,(H2,27,28)(H,30,33). The molecule has 1 aromatic carbocycles. The number of Topliss-reactive ketones (excluding diaryl/α,β-unsaturated/α-hetero) is 1. The van der Waals surface area contributed by atoms with E-state index >= 15 is 4.39 Å². The first kappa shape index (κ1) is 23.9. The quantitative estimate of drug-likeness (QED) is 0.516. The second-order valence-electron chi connectivity index (χ2n) is 9.03. The Morgan fingerprint density at radius 3 is 2.59 bits per heavy atom. The van der Waals surface area contributed by atoms with Crippen LogP contribution in [0.3, 0.4) is 0 Å². The SMILES string of the molecule is CC(=O)C1(NC(=O)c2c(F)c(Cl)cc(C(C)c3nc(C)c4c(N)nccn34)c2OC(C)C)CC1. The molecule has 1 aliphatic rings. The number of benzene rings is 1. The third kappa shape index (κ3) is 3.98. The van der Waals surface area contributed by atoms with E-state index < -0.39 is 23.2 Å². The monoisotopic (exact) mass is 487 g/mol. The number of nitrogen functional groups attached to an aromatic ring is 1. The van der Waals surface area contributed by atoms with Gasteiger partial charge in [-0.25, -0.2) is 14.4 Å². The Labute approximate surface area is 201 Å². The van der Waals surface area contributed by atoms with Crippen molar-refractivity contribution in [3.05, 3.63) is 51.9 Å². The Bertz CT molecular complexity index is 1320. The van der Waals surface area contributed by atoms with Gasteiger partial charge in [0.25, 0.3) is 5.91 Å². The maximum Gasteiger partial charge on any atom is 0.258 e. The van der Waals surface area contributed by atoms with E-state index in [0.717, 1.165) is 0 Å². The number of hydrogen-bond acceptors (Lipinski definition) is 6. The normalized spacial score (nSPS) is 15.4. The number of fused-ring (bicyclic) bond motifs is 1. The van der Waals surface area contributed by atoms with Crippen LogP contribution in [0.5, 0.6) is 5.75 Å². The van der Waals surface area contributed by atoms with Gasteiger partial charge in [0.05, 0.1) is 22.4 Å². The van der Waals surface area contributed by atoms with Crippen LogP contribution < -0.4 is 15.8 Å². The Hall–Kier alpha value is -3.20. The summed E-state index contributed by atoms with van der Waals surface area (Å²) in [6.07, 6.45) is 3.96. The zero-order valence-electron chi connectivity index (χ0n) is 19.7. The number of anilines is 1. The van der Waals surface area contributed by atoms with Crippen LogP contribution in [0.4, 0.5) is 10.2 Å². The number of ether oxygens (including phenoxy) is 1. The smallest absolute Gasteiger partial charge is 0.258 e. The lowest BCUT2D eigenvalue weighted by molar-refractivity contribution is -0.119. The fraction of sp³-hybridized carbons (Fsp3) is 0.417. The van der Waals surface area contributed by atoms with Crippen molar-refractivity contribution in [1.29, 1.82) is 0 Å². The number of amides is 1. The number of rotatable bonds is 7. The van der Waals surface area contributed by atoms with Crippen LogP contribution in [-0.2, 0) is 4.79 Å². The van der Waals surface area contributed by atoms with Gasteiger partial charge in [-0.2, -0.15) is 0 Å². The maximum atomic E-state index is 15.3. The largest absolute Gasteiger partial charge is 0.490 e. The summed E-state index contributed by atoms with van der Waals surface area (Å²) in [7, 11) is 0. The van der Waals surface area contributed by atoms with E-state index in [0.29, 0.717) is 41.3 Å². The minimum Gasteiger partial charge on any atom is -0.490 e. The van der Waals surface area contributed by atoms with Gasteiger partial charge in [0.15, 0.2) is 11.6 Å². The number of ketones is 1. The highest BCUT2D eigenvalue weighted by Crippen LogP contribution is 2.41. The van der Waals surface area contributed by atoms with Crippen LogP contribution >= 0.6 is 11.6 Å². The van der Waals surface area contributed by atoms with E-state index in [-0.39, 0.29) is 28.2 Å². The summed E-state index contributed by atoms with van der Waals surface area (Å²) in [6, 6.07) is 1.45.